The van der Waals surface area contributed by atoms with E-state index in [0.29, 0.717) is 11.0 Å². The zero-order chi connectivity index (χ0) is 16.8. The average Bonchev–Trinajstić information content (AvgIpc) is 3.03. The molecule has 124 valence electrons. The van der Waals surface area contributed by atoms with Gasteiger partial charge >= 0.3 is 0 Å². The van der Waals surface area contributed by atoms with Gasteiger partial charge in [-0.05, 0) is 18.4 Å². The van der Waals surface area contributed by atoms with Crippen LogP contribution >= 0.6 is 11.3 Å². The van der Waals surface area contributed by atoms with Crippen LogP contribution in [0.25, 0.3) is 0 Å². The summed E-state index contributed by atoms with van der Waals surface area (Å²) in [6.45, 7) is 6.10. The number of carbonyl (C=O) groups excluding carboxylic acids is 1. The number of hydrogen-bond acceptors (Lipinski definition) is 5. The summed E-state index contributed by atoms with van der Waals surface area (Å²) in [4.78, 5) is 12.4. The van der Waals surface area contributed by atoms with E-state index in [2.05, 4.69) is 29.4 Å². The van der Waals surface area contributed by atoms with E-state index >= 15 is 0 Å². The molecule has 2 aromatic rings. The van der Waals surface area contributed by atoms with Crippen molar-refractivity contribution in [2.75, 3.05) is 5.32 Å². The second kappa shape index (κ2) is 8.17. The molecule has 0 aliphatic heterocycles. The SMILES string of the molecule is CCC(CC)c1nnc(NC(=O)C(C)C(N)c2ccccc2)s1. The van der Waals surface area contributed by atoms with Crippen molar-refractivity contribution in [1.82, 2.24) is 10.2 Å². The summed E-state index contributed by atoms with van der Waals surface area (Å²) in [6, 6.07) is 9.30. The van der Waals surface area contributed by atoms with Crippen LogP contribution in [-0.2, 0) is 4.79 Å². The van der Waals surface area contributed by atoms with Crippen LogP contribution in [0.15, 0.2) is 30.3 Å². The van der Waals surface area contributed by atoms with Crippen LogP contribution in [-0.4, -0.2) is 16.1 Å². The summed E-state index contributed by atoms with van der Waals surface area (Å²) in [5.74, 6) is -0.0753. The van der Waals surface area contributed by atoms with Crippen LogP contribution in [0, 0.1) is 5.92 Å². The van der Waals surface area contributed by atoms with Crippen molar-refractivity contribution in [1.29, 1.82) is 0 Å². The molecule has 2 unspecified atom stereocenters. The molecule has 3 N–H and O–H groups in total. The van der Waals surface area contributed by atoms with E-state index in [9.17, 15) is 4.79 Å². The average molecular weight is 332 g/mol. The fraction of sp³-hybridized carbons (Fsp3) is 0.471. The first kappa shape index (κ1) is 17.6. The predicted molar refractivity (Wildman–Crippen MR) is 94.4 cm³/mol. The summed E-state index contributed by atoms with van der Waals surface area (Å²) in [5.41, 5.74) is 7.15. The van der Waals surface area contributed by atoms with Gasteiger partial charge in [0.25, 0.3) is 0 Å². The molecule has 0 aliphatic rings. The summed E-state index contributed by atoms with van der Waals surface area (Å²) >= 11 is 1.45. The van der Waals surface area contributed by atoms with E-state index in [1.807, 2.05) is 37.3 Å². The largest absolute Gasteiger partial charge is 0.323 e. The first-order valence-corrected chi connectivity index (χ1v) is 8.83. The van der Waals surface area contributed by atoms with Gasteiger partial charge in [-0.1, -0.05) is 62.4 Å². The predicted octanol–water partition coefficient (Wildman–Crippen LogP) is 3.72. The van der Waals surface area contributed by atoms with Gasteiger partial charge in [-0.3, -0.25) is 4.79 Å². The Morgan fingerprint density at radius 2 is 1.87 bits per heavy atom. The lowest BCUT2D eigenvalue weighted by Gasteiger charge is -2.18. The van der Waals surface area contributed by atoms with Crippen LogP contribution in [0.4, 0.5) is 5.13 Å². The zero-order valence-electron chi connectivity index (χ0n) is 13.8. The van der Waals surface area contributed by atoms with Crippen molar-refractivity contribution in [3.63, 3.8) is 0 Å². The lowest BCUT2D eigenvalue weighted by molar-refractivity contribution is -0.120. The monoisotopic (exact) mass is 332 g/mol. The molecule has 0 bridgehead atoms. The second-order valence-electron chi connectivity index (χ2n) is 5.67. The maximum absolute atomic E-state index is 12.4. The molecule has 0 aliphatic carbocycles. The molecule has 6 heteroatoms. The Hall–Kier alpha value is -1.79. The molecule has 0 radical (unpaired) electrons. The van der Waals surface area contributed by atoms with Gasteiger partial charge in [0.2, 0.25) is 11.0 Å². The Morgan fingerprint density at radius 3 is 2.48 bits per heavy atom. The van der Waals surface area contributed by atoms with Gasteiger partial charge in [0.05, 0.1) is 5.92 Å². The van der Waals surface area contributed by atoms with E-state index in [4.69, 9.17) is 5.73 Å². The Bertz CT molecular complexity index is 625. The van der Waals surface area contributed by atoms with Crippen molar-refractivity contribution in [2.45, 2.75) is 45.6 Å². The summed E-state index contributed by atoms with van der Waals surface area (Å²) in [6.07, 6.45) is 2.04. The van der Waals surface area contributed by atoms with Gasteiger partial charge in [-0.15, -0.1) is 10.2 Å². The minimum Gasteiger partial charge on any atom is -0.323 e. The molecule has 0 saturated carbocycles. The van der Waals surface area contributed by atoms with Crippen LogP contribution in [0.1, 0.15) is 56.1 Å². The first-order chi connectivity index (χ1) is 11.1. The van der Waals surface area contributed by atoms with Crippen molar-refractivity contribution >= 4 is 22.4 Å². The Morgan fingerprint density at radius 1 is 1.22 bits per heavy atom. The molecular weight excluding hydrogens is 308 g/mol. The molecule has 2 atom stereocenters. The number of carbonyl (C=O) groups is 1. The van der Waals surface area contributed by atoms with E-state index in [0.717, 1.165) is 23.4 Å². The maximum atomic E-state index is 12.4. The number of nitrogens with one attached hydrogen (secondary N) is 1. The lowest BCUT2D eigenvalue weighted by Crippen LogP contribution is -2.30. The van der Waals surface area contributed by atoms with Gasteiger partial charge in [0, 0.05) is 12.0 Å². The van der Waals surface area contributed by atoms with Gasteiger partial charge in [-0.2, -0.15) is 0 Å². The van der Waals surface area contributed by atoms with Crippen molar-refractivity contribution in [3.8, 4) is 0 Å². The number of aromatic nitrogens is 2. The van der Waals surface area contributed by atoms with Gasteiger partial charge < -0.3 is 11.1 Å². The van der Waals surface area contributed by atoms with Crippen LogP contribution in [0.3, 0.4) is 0 Å². The standard InChI is InChI=1S/C17H24N4OS/c1-4-12(5-2)16-20-21-17(23-16)19-15(22)11(3)14(18)13-9-7-6-8-10-13/h6-12,14H,4-5,18H2,1-3H3,(H,19,21,22). The lowest BCUT2D eigenvalue weighted by atomic mass is 9.95. The third kappa shape index (κ3) is 4.36. The van der Waals surface area contributed by atoms with Gasteiger partial charge in [-0.25, -0.2) is 0 Å². The molecule has 1 heterocycles. The highest BCUT2D eigenvalue weighted by Crippen LogP contribution is 2.29. The third-order valence-electron chi connectivity index (χ3n) is 4.14. The van der Waals surface area contributed by atoms with E-state index in [-0.39, 0.29) is 17.9 Å². The van der Waals surface area contributed by atoms with E-state index < -0.39 is 0 Å². The summed E-state index contributed by atoms with van der Waals surface area (Å²) in [5, 5.41) is 12.6. The number of hydrogen-bond donors (Lipinski definition) is 2. The molecule has 2 rings (SSSR count). The highest BCUT2D eigenvalue weighted by atomic mass is 32.1. The molecule has 0 saturated heterocycles. The van der Waals surface area contributed by atoms with Crippen LogP contribution in [0.2, 0.25) is 0 Å². The van der Waals surface area contributed by atoms with Gasteiger partial charge in [0.1, 0.15) is 5.01 Å². The molecule has 1 amide bonds. The first-order valence-electron chi connectivity index (χ1n) is 8.01. The van der Waals surface area contributed by atoms with Crippen LogP contribution in [0.5, 0.6) is 0 Å². The van der Waals surface area contributed by atoms with E-state index in [1.165, 1.54) is 11.3 Å². The molecule has 23 heavy (non-hydrogen) atoms. The minimum absolute atomic E-state index is 0.131. The highest BCUT2D eigenvalue weighted by Gasteiger charge is 2.23. The fourth-order valence-corrected chi connectivity index (χ4v) is 3.45. The summed E-state index contributed by atoms with van der Waals surface area (Å²) < 4.78 is 0. The molecular formula is C17H24N4OS. The van der Waals surface area contributed by atoms with Crippen LogP contribution < -0.4 is 11.1 Å². The second-order valence-corrected chi connectivity index (χ2v) is 6.68. The summed E-state index contributed by atoms with van der Waals surface area (Å²) in [7, 11) is 0. The normalized spacial score (nSPS) is 13.8. The smallest absolute Gasteiger partial charge is 0.230 e. The molecule has 5 nitrogen and oxygen atoms in total. The number of amides is 1. The molecule has 1 aromatic carbocycles. The Labute approximate surface area is 141 Å². The van der Waals surface area contributed by atoms with Crippen molar-refractivity contribution in [3.05, 3.63) is 40.9 Å². The fourth-order valence-electron chi connectivity index (χ4n) is 2.43. The molecule has 1 aromatic heterocycles. The van der Waals surface area contributed by atoms with Crippen molar-refractivity contribution in [2.24, 2.45) is 11.7 Å². The number of nitrogens with zero attached hydrogens (tertiary/aromatic N) is 2. The van der Waals surface area contributed by atoms with Gasteiger partial charge in [0.15, 0.2) is 0 Å². The molecule has 0 spiro atoms. The Kier molecular flexibility index (Phi) is 6.24. The van der Waals surface area contributed by atoms with E-state index in [1.54, 1.807) is 0 Å². The number of rotatable bonds is 7. The zero-order valence-corrected chi connectivity index (χ0v) is 14.6. The number of anilines is 1. The number of nitrogens with two attached hydrogens (primary N) is 1. The number of benzene rings is 1. The Balaban J connectivity index is 2.01. The maximum Gasteiger partial charge on any atom is 0.230 e. The third-order valence-corrected chi connectivity index (χ3v) is 5.14. The minimum atomic E-state index is -0.349. The van der Waals surface area contributed by atoms with Crippen molar-refractivity contribution < 1.29 is 4.79 Å². The molecule has 0 fully saturated rings. The quantitative estimate of drug-likeness (QED) is 0.810. The highest BCUT2D eigenvalue weighted by molar-refractivity contribution is 7.15. The topological polar surface area (TPSA) is 80.9 Å².